The Morgan fingerprint density at radius 2 is 1.95 bits per heavy atom. The van der Waals surface area contributed by atoms with Gasteiger partial charge in [-0.15, -0.1) is 0 Å². The van der Waals surface area contributed by atoms with Gasteiger partial charge in [-0.3, -0.25) is 0 Å². The lowest BCUT2D eigenvalue weighted by Gasteiger charge is -2.12. The van der Waals surface area contributed by atoms with E-state index < -0.39 is 0 Å². The summed E-state index contributed by atoms with van der Waals surface area (Å²) in [5.41, 5.74) is 1.33. The SMILES string of the molecule is CC(C)Cn1ncnc1CC(O)CCCc1ccccc1. The summed E-state index contributed by atoms with van der Waals surface area (Å²) in [5.74, 6) is 1.41. The number of benzene rings is 1. The first-order valence-corrected chi connectivity index (χ1v) is 7.74. The molecule has 0 radical (unpaired) electrons. The molecule has 21 heavy (non-hydrogen) atoms. The summed E-state index contributed by atoms with van der Waals surface area (Å²) in [7, 11) is 0. The maximum absolute atomic E-state index is 10.2. The zero-order valence-corrected chi connectivity index (χ0v) is 12.9. The van der Waals surface area contributed by atoms with Crippen molar-refractivity contribution in [2.24, 2.45) is 5.92 Å². The Kier molecular flexibility index (Phi) is 5.93. The summed E-state index contributed by atoms with van der Waals surface area (Å²) in [6, 6.07) is 10.4. The van der Waals surface area contributed by atoms with Crippen molar-refractivity contribution in [3.8, 4) is 0 Å². The lowest BCUT2D eigenvalue weighted by atomic mass is 10.0. The first kappa shape index (κ1) is 15.7. The van der Waals surface area contributed by atoms with Crippen molar-refractivity contribution < 1.29 is 5.11 Å². The van der Waals surface area contributed by atoms with E-state index in [4.69, 9.17) is 0 Å². The molecule has 1 N–H and O–H groups in total. The lowest BCUT2D eigenvalue weighted by molar-refractivity contribution is 0.157. The molecule has 0 spiro atoms. The van der Waals surface area contributed by atoms with Gasteiger partial charge in [-0.25, -0.2) is 9.67 Å². The molecule has 1 heterocycles. The third kappa shape index (κ3) is 5.31. The Morgan fingerprint density at radius 1 is 1.19 bits per heavy atom. The second-order valence-electron chi connectivity index (χ2n) is 5.99. The van der Waals surface area contributed by atoms with Crippen LogP contribution < -0.4 is 0 Å². The van der Waals surface area contributed by atoms with Gasteiger partial charge in [-0.1, -0.05) is 44.2 Å². The van der Waals surface area contributed by atoms with Crippen molar-refractivity contribution in [1.82, 2.24) is 14.8 Å². The van der Waals surface area contributed by atoms with E-state index in [-0.39, 0.29) is 6.10 Å². The van der Waals surface area contributed by atoms with Crippen molar-refractivity contribution in [1.29, 1.82) is 0 Å². The van der Waals surface area contributed by atoms with Crippen molar-refractivity contribution >= 4 is 0 Å². The van der Waals surface area contributed by atoms with Crippen LogP contribution in [0.5, 0.6) is 0 Å². The Hall–Kier alpha value is -1.68. The molecular formula is C17H25N3O. The van der Waals surface area contributed by atoms with Gasteiger partial charge in [0.15, 0.2) is 0 Å². The van der Waals surface area contributed by atoms with Crippen molar-refractivity contribution in [2.75, 3.05) is 0 Å². The minimum absolute atomic E-state index is 0.344. The minimum Gasteiger partial charge on any atom is -0.393 e. The smallest absolute Gasteiger partial charge is 0.138 e. The van der Waals surface area contributed by atoms with Gasteiger partial charge in [0.1, 0.15) is 12.2 Å². The fraction of sp³-hybridized carbons (Fsp3) is 0.529. The number of rotatable bonds is 8. The highest BCUT2D eigenvalue weighted by Gasteiger charge is 2.12. The van der Waals surface area contributed by atoms with Gasteiger partial charge in [-0.05, 0) is 30.7 Å². The third-order valence-corrected chi connectivity index (χ3v) is 3.50. The van der Waals surface area contributed by atoms with Crippen LogP contribution in [0.15, 0.2) is 36.7 Å². The number of hydrogen-bond donors (Lipinski definition) is 1. The molecule has 0 saturated carbocycles. The molecule has 114 valence electrons. The largest absolute Gasteiger partial charge is 0.393 e. The van der Waals surface area contributed by atoms with E-state index in [1.165, 1.54) is 5.56 Å². The second-order valence-corrected chi connectivity index (χ2v) is 5.99. The zero-order valence-electron chi connectivity index (χ0n) is 12.9. The quantitative estimate of drug-likeness (QED) is 0.812. The molecule has 1 atom stereocenters. The molecule has 4 heteroatoms. The van der Waals surface area contributed by atoms with E-state index in [1.807, 2.05) is 10.7 Å². The molecule has 0 bridgehead atoms. The Morgan fingerprint density at radius 3 is 2.67 bits per heavy atom. The van der Waals surface area contributed by atoms with Gasteiger partial charge >= 0.3 is 0 Å². The summed E-state index contributed by atoms with van der Waals surface area (Å²) in [6.07, 6.45) is 4.61. The highest BCUT2D eigenvalue weighted by atomic mass is 16.3. The van der Waals surface area contributed by atoms with Crippen molar-refractivity contribution in [3.63, 3.8) is 0 Å². The number of aliphatic hydroxyl groups is 1. The van der Waals surface area contributed by atoms with Gasteiger partial charge in [0.2, 0.25) is 0 Å². The standard InChI is InChI=1S/C17H25N3O/c1-14(2)12-20-17(18-13-19-20)11-16(21)10-6-9-15-7-4-3-5-8-15/h3-5,7-8,13-14,16,21H,6,9-12H2,1-2H3. The molecule has 2 aromatic rings. The van der Waals surface area contributed by atoms with Gasteiger partial charge < -0.3 is 5.11 Å². The third-order valence-electron chi connectivity index (χ3n) is 3.50. The molecule has 0 fully saturated rings. The Bertz CT molecular complexity index is 522. The molecule has 2 rings (SSSR count). The highest BCUT2D eigenvalue weighted by molar-refractivity contribution is 5.14. The van der Waals surface area contributed by atoms with E-state index >= 15 is 0 Å². The van der Waals surface area contributed by atoms with E-state index in [1.54, 1.807) is 6.33 Å². The average molecular weight is 287 g/mol. The fourth-order valence-corrected chi connectivity index (χ4v) is 2.44. The molecule has 0 saturated heterocycles. The number of aliphatic hydroxyl groups excluding tert-OH is 1. The highest BCUT2D eigenvalue weighted by Crippen LogP contribution is 2.10. The molecule has 0 aliphatic rings. The first-order chi connectivity index (χ1) is 10.1. The van der Waals surface area contributed by atoms with Gasteiger partial charge in [-0.2, -0.15) is 5.10 Å². The van der Waals surface area contributed by atoms with Crippen LogP contribution >= 0.6 is 0 Å². The number of nitrogens with zero attached hydrogens (tertiary/aromatic N) is 3. The van der Waals surface area contributed by atoms with Crippen molar-refractivity contribution in [3.05, 3.63) is 48.0 Å². The molecule has 0 aliphatic heterocycles. The summed E-state index contributed by atoms with van der Waals surface area (Å²) in [5, 5.41) is 14.4. The van der Waals surface area contributed by atoms with Crippen LogP contribution in [0.2, 0.25) is 0 Å². The maximum Gasteiger partial charge on any atom is 0.138 e. The topological polar surface area (TPSA) is 50.9 Å². The van der Waals surface area contributed by atoms with Crippen molar-refractivity contribution in [2.45, 2.75) is 52.2 Å². The van der Waals surface area contributed by atoms with E-state index in [2.05, 4.69) is 48.2 Å². The minimum atomic E-state index is -0.344. The Labute approximate surface area is 126 Å². The monoisotopic (exact) mass is 287 g/mol. The number of aryl methyl sites for hydroxylation is 1. The molecule has 0 amide bonds. The van der Waals surface area contributed by atoms with Crippen LogP contribution in [0, 0.1) is 5.92 Å². The van der Waals surface area contributed by atoms with Crippen LogP contribution in [0.4, 0.5) is 0 Å². The van der Waals surface area contributed by atoms with Crippen LogP contribution in [0.25, 0.3) is 0 Å². The zero-order chi connectivity index (χ0) is 15.1. The normalized spacial score (nSPS) is 12.8. The lowest BCUT2D eigenvalue weighted by Crippen LogP contribution is -2.17. The number of aromatic nitrogens is 3. The summed E-state index contributed by atoms with van der Waals surface area (Å²) in [6.45, 7) is 5.16. The Balaban J connectivity index is 1.77. The first-order valence-electron chi connectivity index (χ1n) is 7.74. The summed E-state index contributed by atoms with van der Waals surface area (Å²) < 4.78 is 1.91. The summed E-state index contributed by atoms with van der Waals surface area (Å²) in [4.78, 5) is 4.27. The van der Waals surface area contributed by atoms with Crippen LogP contribution in [-0.2, 0) is 19.4 Å². The summed E-state index contributed by atoms with van der Waals surface area (Å²) >= 11 is 0. The van der Waals surface area contributed by atoms with Crippen LogP contribution in [-0.4, -0.2) is 26.0 Å². The molecule has 4 nitrogen and oxygen atoms in total. The molecule has 0 aliphatic carbocycles. The second kappa shape index (κ2) is 7.93. The molecular weight excluding hydrogens is 262 g/mol. The van der Waals surface area contributed by atoms with E-state index in [0.717, 1.165) is 31.6 Å². The molecule has 1 unspecified atom stereocenters. The average Bonchev–Trinajstić information content (AvgIpc) is 2.86. The predicted octanol–water partition coefficient (Wildman–Crippen LogP) is 2.86. The van der Waals surface area contributed by atoms with Gasteiger partial charge in [0.05, 0.1) is 6.10 Å². The maximum atomic E-state index is 10.2. The van der Waals surface area contributed by atoms with E-state index in [9.17, 15) is 5.11 Å². The van der Waals surface area contributed by atoms with Gasteiger partial charge in [0.25, 0.3) is 0 Å². The number of hydrogen-bond acceptors (Lipinski definition) is 3. The van der Waals surface area contributed by atoms with E-state index in [0.29, 0.717) is 12.3 Å². The molecule has 1 aromatic carbocycles. The van der Waals surface area contributed by atoms with Gasteiger partial charge in [0, 0.05) is 13.0 Å². The van der Waals surface area contributed by atoms with Crippen LogP contribution in [0.1, 0.15) is 38.1 Å². The van der Waals surface area contributed by atoms with Crippen LogP contribution in [0.3, 0.4) is 0 Å². The molecule has 1 aromatic heterocycles. The predicted molar refractivity (Wildman–Crippen MR) is 84.0 cm³/mol. The fourth-order valence-electron chi connectivity index (χ4n) is 2.44.